The second-order valence-corrected chi connectivity index (χ2v) is 6.73. The minimum atomic E-state index is -1.57. The third kappa shape index (κ3) is 4.93. The summed E-state index contributed by atoms with van der Waals surface area (Å²) in [5.74, 6) is -1.71. The molecule has 0 spiro atoms. The minimum absolute atomic E-state index is 0.167. The molecular formula is C16H27NO10. The van der Waals surface area contributed by atoms with Crippen LogP contribution in [-0.4, -0.2) is 101 Å². The average molecular weight is 393 g/mol. The van der Waals surface area contributed by atoms with Crippen molar-refractivity contribution in [3.63, 3.8) is 0 Å². The van der Waals surface area contributed by atoms with Crippen molar-refractivity contribution in [3.05, 3.63) is 0 Å². The van der Waals surface area contributed by atoms with Crippen LogP contribution in [0.4, 0.5) is 0 Å². The van der Waals surface area contributed by atoms with Gasteiger partial charge in [-0.25, -0.2) is 4.79 Å². The largest absolute Gasteiger partial charge is 0.479 e. The molecule has 0 aromatic heterocycles. The third-order valence-electron chi connectivity index (χ3n) is 4.75. The van der Waals surface area contributed by atoms with Gasteiger partial charge in [0, 0.05) is 20.5 Å². The molecule has 0 aliphatic carbocycles. The quantitative estimate of drug-likeness (QED) is 0.328. The SMILES string of the molecule is COC1C(C(=O)O)OC(OC2CC(CO)OC(C)C2NC(C)=O)C(O)C1O. The lowest BCUT2D eigenvalue weighted by Crippen LogP contribution is -2.64. The van der Waals surface area contributed by atoms with Gasteiger partial charge in [-0.3, -0.25) is 4.79 Å². The average Bonchev–Trinajstić information content (AvgIpc) is 2.60. The Hall–Kier alpha value is -1.34. The predicted molar refractivity (Wildman–Crippen MR) is 87.6 cm³/mol. The number of aliphatic hydroxyl groups is 3. The van der Waals surface area contributed by atoms with Gasteiger partial charge in [0.05, 0.1) is 31.0 Å². The van der Waals surface area contributed by atoms with Crippen molar-refractivity contribution in [2.75, 3.05) is 13.7 Å². The summed E-state index contributed by atoms with van der Waals surface area (Å²) in [6.45, 7) is 2.73. The van der Waals surface area contributed by atoms with E-state index in [1.807, 2.05) is 0 Å². The van der Waals surface area contributed by atoms with Crippen LogP contribution < -0.4 is 5.32 Å². The van der Waals surface area contributed by atoms with Crippen LogP contribution in [0, 0.1) is 0 Å². The van der Waals surface area contributed by atoms with E-state index < -0.39 is 61.0 Å². The highest BCUT2D eigenvalue weighted by atomic mass is 16.7. The Labute approximate surface area is 156 Å². The van der Waals surface area contributed by atoms with Gasteiger partial charge in [-0.2, -0.15) is 0 Å². The molecule has 0 radical (unpaired) electrons. The molecule has 2 aliphatic rings. The lowest BCUT2D eigenvalue weighted by atomic mass is 9.95. The molecule has 2 rings (SSSR count). The molecule has 2 fully saturated rings. The first-order valence-corrected chi connectivity index (χ1v) is 8.65. The van der Waals surface area contributed by atoms with Gasteiger partial charge < -0.3 is 44.7 Å². The monoisotopic (exact) mass is 393 g/mol. The van der Waals surface area contributed by atoms with E-state index in [1.165, 1.54) is 14.0 Å². The first-order valence-electron chi connectivity index (χ1n) is 8.65. The van der Waals surface area contributed by atoms with Crippen molar-refractivity contribution in [2.24, 2.45) is 0 Å². The maximum Gasteiger partial charge on any atom is 0.335 e. The Morgan fingerprint density at radius 2 is 1.89 bits per heavy atom. The summed E-state index contributed by atoms with van der Waals surface area (Å²) >= 11 is 0. The van der Waals surface area contributed by atoms with Gasteiger partial charge in [0.1, 0.15) is 18.3 Å². The summed E-state index contributed by atoms with van der Waals surface area (Å²) < 4.78 is 21.6. The third-order valence-corrected chi connectivity index (χ3v) is 4.75. The second-order valence-electron chi connectivity index (χ2n) is 6.73. The number of carboxylic acids is 1. The van der Waals surface area contributed by atoms with Crippen LogP contribution >= 0.6 is 0 Å². The van der Waals surface area contributed by atoms with E-state index in [2.05, 4.69) is 5.32 Å². The molecule has 5 N–H and O–H groups in total. The fourth-order valence-corrected chi connectivity index (χ4v) is 3.44. The number of amides is 1. The predicted octanol–water partition coefficient (Wildman–Crippen LogP) is -2.41. The zero-order chi connectivity index (χ0) is 20.3. The number of hydrogen-bond acceptors (Lipinski definition) is 9. The van der Waals surface area contributed by atoms with Crippen LogP contribution in [0.15, 0.2) is 0 Å². The number of rotatable bonds is 6. The molecule has 11 nitrogen and oxygen atoms in total. The number of ether oxygens (including phenoxy) is 4. The summed E-state index contributed by atoms with van der Waals surface area (Å²) in [4.78, 5) is 22.9. The fourth-order valence-electron chi connectivity index (χ4n) is 3.44. The van der Waals surface area contributed by atoms with E-state index in [1.54, 1.807) is 6.92 Å². The standard InChI is InChI=1S/C16H27NO10/c1-6-10(17-7(2)19)9(4-8(5-18)25-6)26-16-12(21)11(20)13(24-3)14(27-16)15(22)23/h6,8-14,16,18,20-21H,4-5H2,1-3H3,(H,17,19)(H,22,23). The van der Waals surface area contributed by atoms with Gasteiger partial charge in [-0.05, 0) is 6.92 Å². The first kappa shape index (κ1) is 22.0. The molecule has 2 saturated heterocycles. The van der Waals surface area contributed by atoms with Gasteiger partial charge in [0.2, 0.25) is 5.91 Å². The number of aliphatic hydroxyl groups excluding tert-OH is 3. The minimum Gasteiger partial charge on any atom is -0.479 e. The van der Waals surface area contributed by atoms with Crippen molar-refractivity contribution >= 4 is 11.9 Å². The summed E-state index contributed by atoms with van der Waals surface area (Å²) in [6.07, 6.45) is -9.10. The lowest BCUT2D eigenvalue weighted by molar-refractivity contribution is -0.316. The Kier molecular flexibility index (Phi) is 7.51. The van der Waals surface area contributed by atoms with Gasteiger partial charge in [-0.1, -0.05) is 0 Å². The van der Waals surface area contributed by atoms with Crippen molar-refractivity contribution in [3.8, 4) is 0 Å². The molecule has 0 aromatic carbocycles. The number of carbonyl (C=O) groups is 2. The Morgan fingerprint density at radius 3 is 2.41 bits per heavy atom. The molecule has 9 unspecified atom stereocenters. The van der Waals surface area contributed by atoms with Crippen molar-refractivity contribution in [1.29, 1.82) is 0 Å². The maximum atomic E-state index is 11.5. The number of carbonyl (C=O) groups excluding carboxylic acids is 1. The smallest absolute Gasteiger partial charge is 0.335 e. The molecule has 9 atom stereocenters. The highest BCUT2D eigenvalue weighted by molar-refractivity contribution is 5.73. The first-order chi connectivity index (χ1) is 12.7. The van der Waals surface area contributed by atoms with Crippen LogP contribution in [0.25, 0.3) is 0 Å². The maximum absolute atomic E-state index is 11.5. The number of nitrogens with one attached hydrogen (secondary N) is 1. The second kappa shape index (κ2) is 9.24. The molecule has 0 aromatic rings. The molecule has 27 heavy (non-hydrogen) atoms. The van der Waals surface area contributed by atoms with Crippen LogP contribution in [0.2, 0.25) is 0 Å². The zero-order valence-electron chi connectivity index (χ0n) is 15.3. The molecule has 0 bridgehead atoms. The molecule has 11 heteroatoms. The molecule has 2 aliphatic heterocycles. The van der Waals surface area contributed by atoms with Gasteiger partial charge in [0.25, 0.3) is 0 Å². The van der Waals surface area contributed by atoms with Crippen molar-refractivity contribution in [1.82, 2.24) is 5.32 Å². The number of methoxy groups -OCH3 is 1. The summed E-state index contributed by atoms with van der Waals surface area (Å²) in [7, 11) is 1.19. The summed E-state index contributed by atoms with van der Waals surface area (Å²) in [5.41, 5.74) is 0. The van der Waals surface area contributed by atoms with E-state index in [0.29, 0.717) is 0 Å². The van der Waals surface area contributed by atoms with Crippen LogP contribution in [-0.2, 0) is 28.5 Å². The summed E-state index contributed by atoms with van der Waals surface area (Å²) in [5, 5.41) is 41.8. The fraction of sp³-hybridized carbons (Fsp3) is 0.875. The van der Waals surface area contributed by atoms with Crippen LogP contribution in [0.3, 0.4) is 0 Å². The highest BCUT2D eigenvalue weighted by Gasteiger charge is 2.50. The molecule has 156 valence electrons. The highest BCUT2D eigenvalue weighted by Crippen LogP contribution is 2.29. The molecule has 2 heterocycles. The van der Waals surface area contributed by atoms with Gasteiger partial charge in [-0.15, -0.1) is 0 Å². The van der Waals surface area contributed by atoms with Gasteiger partial charge in [0.15, 0.2) is 12.4 Å². The molecule has 0 saturated carbocycles. The van der Waals surface area contributed by atoms with Crippen molar-refractivity contribution < 1.29 is 49.0 Å². The van der Waals surface area contributed by atoms with Crippen LogP contribution in [0.5, 0.6) is 0 Å². The van der Waals surface area contributed by atoms with Crippen molar-refractivity contribution in [2.45, 2.75) is 75.3 Å². The Bertz CT molecular complexity index is 531. The van der Waals surface area contributed by atoms with E-state index in [9.17, 15) is 30.0 Å². The topological polar surface area (TPSA) is 164 Å². The number of hydrogen-bond donors (Lipinski definition) is 5. The van der Waals surface area contributed by atoms with Crippen LogP contribution in [0.1, 0.15) is 20.3 Å². The van der Waals surface area contributed by atoms with E-state index in [-0.39, 0.29) is 18.9 Å². The normalized spacial score (nSPS) is 42.5. The summed E-state index contributed by atoms with van der Waals surface area (Å²) in [6, 6.07) is -0.623. The van der Waals surface area contributed by atoms with E-state index in [0.717, 1.165) is 0 Å². The van der Waals surface area contributed by atoms with Gasteiger partial charge >= 0.3 is 5.97 Å². The molecular weight excluding hydrogens is 366 g/mol. The van der Waals surface area contributed by atoms with E-state index in [4.69, 9.17) is 18.9 Å². The number of carboxylic acid groups (broad SMARTS) is 1. The molecule has 1 amide bonds. The number of aliphatic carboxylic acids is 1. The Balaban J connectivity index is 2.19. The van der Waals surface area contributed by atoms with E-state index >= 15 is 0 Å². The Morgan fingerprint density at radius 1 is 1.22 bits per heavy atom. The lowest BCUT2D eigenvalue weighted by Gasteiger charge is -2.45. The zero-order valence-corrected chi connectivity index (χ0v) is 15.3.